The van der Waals surface area contributed by atoms with E-state index in [4.69, 9.17) is 10.8 Å². The fraction of sp³-hybridized carbons (Fsp3) is 0.222. The summed E-state index contributed by atoms with van der Waals surface area (Å²) in [6.45, 7) is 0. The van der Waals surface area contributed by atoms with Gasteiger partial charge < -0.3 is 15.0 Å². The minimum absolute atomic E-state index is 0.0996. The average molecular weight is 245 g/mol. The summed E-state index contributed by atoms with van der Waals surface area (Å²) in [6.07, 6.45) is 0.141. The van der Waals surface area contributed by atoms with Gasteiger partial charge in [0.05, 0.1) is 0 Å². The fourth-order valence-corrected chi connectivity index (χ4v) is 1.39. The Morgan fingerprint density at radius 1 is 1.38 bits per heavy atom. The number of benzene rings is 1. The topological polar surface area (TPSA) is 107 Å². The van der Waals surface area contributed by atoms with Crippen molar-refractivity contribution in [2.24, 2.45) is 5.73 Å². The molecule has 0 aliphatic rings. The molecule has 0 aromatic heterocycles. The maximum atomic E-state index is 11.0. The molecule has 0 saturated heterocycles. The summed E-state index contributed by atoms with van der Waals surface area (Å²) >= 11 is 0. The van der Waals surface area contributed by atoms with E-state index in [0.29, 0.717) is 5.56 Å². The molecule has 7 heteroatoms. The van der Waals surface area contributed by atoms with Crippen molar-refractivity contribution in [3.8, 4) is 5.75 Å². The van der Waals surface area contributed by atoms with Gasteiger partial charge in [-0.1, -0.05) is 12.1 Å². The molecule has 0 fully saturated rings. The Kier molecular flexibility index (Phi) is 4.27. The standard InChI is InChI=1S/C9H11NO5S/c10-8(9(12)15-16(13)14)5-6-1-3-7(11)4-2-6/h1-4,8,11,16H,5,10H2/t8-/m0/s1. The molecule has 16 heavy (non-hydrogen) atoms. The predicted molar refractivity (Wildman–Crippen MR) is 56.2 cm³/mol. The molecule has 3 N–H and O–H groups in total. The molecule has 0 spiro atoms. The Labute approximate surface area is 93.8 Å². The van der Waals surface area contributed by atoms with E-state index < -0.39 is 23.0 Å². The molecule has 0 heterocycles. The number of hydrogen-bond donors (Lipinski definition) is 3. The summed E-state index contributed by atoms with van der Waals surface area (Å²) in [6, 6.07) is 5.01. The molecular formula is C9H11NO5S. The van der Waals surface area contributed by atoms with Gasteiger partial charge in [-0.25, -0.2) is 4.79 Å². The summed E-state index contributed by atoms with van der Waals surface area (Å²) in [7, 11) is -3.22. The highest BCUT2D eigenvalue weighted by atomic mass is 32.2. The SMILES string of the molecule is N[C@@H](Cc1ccc(O)cc1)C(=O)O[SH](=O)=O. The van der Waals surface area contributed by atoms with Crippen LogP contribution in [0, 0.1) is 0 Å². The molecule has 0 amide bonds. The van der Waals surface area contributed by atoms with E-state index >= 15 is 0 Å². The van der Waals surface area contributed by atoms with Crippen LogP contribution in [0.1, 0.15) is 5.56 Å². The highest BCUT2D eigenvalue weighted by Gasteiger charge is 2.16. The third-order valence-electron chi connectivity index (χ3n) is 1.86. The summed E-state index contributed by atoms with van der Waals surface area (Å²) in [5.74, 6) is -0.897. The summed E-state index contributed by atoms with van der Waals surface area (Å²) < 4.78 is 24.2. The first-order chi connectivity index (χ1) is 7.49. The fourth-order valence-electron chi connectivity index (χ4n) is 1.11. The number of phenols is 1. The quantitative estimate of drug-likeness (QED) is 0.607. The lowest BCUT2D eigenvalue weighted by atomic mass is 10.1. The predicted octanol–water partition coefficient (Wildman–Crippen LogP) is -0.668. The Morgan fingerprint density at radius 2 is 1.94 bits per heavy atom. The van der Waals surface area contributed by atoms with Gasteiger partial charge >= 0.3 is 17.0 Å². The van der Waals surface area contributed by atoms with Crippen LogP contribution >= 0.6 is 0 Å². The molecule has 0 aliphatic carbocycles. The number of thiol groups is 1. The third-order valence-corrected chi connectivity index (χ3v) is 2.19. The lowest BCUT2D eigenvalue weighted by Gasteiger charge is -2.07. The highest BCUT2D eigenvalue weighted by Crippen LogP contribution is 2.11. The maximum absolute atomic E-state index is 11.0. The van der Waals surface area contributed by atoms with Crippen molar-refractivity contribution in [2.45, 2.75) is 12.5 Å². The highest BCUT2D eigenvalue weighted by molar-refractivity contribution is 7.67. The van der Waals surface area contributed by atoms with E-state index in [-0.39, 0.29) is 12.2 Å². The first-order valence-electron chi connectivity index (χ1n) is 4.38. The molecule has 1 rings (SSSR count). The zero-order valence-electron chi connectivity index (χ0n) is 8.20. The minimum atomic E-state index is -3.22. The summed E-state index contributed by atoms with van der Waals surface area (Å²) in [4.78, 5) is 11.0. The van der Waals surface area contributed by atoms with Gasteiger partial charge in [0.25, 0.3) is 0 Å². The van der Waals surface area contributed by atoms with Crippen LogP contribution in [0.3, 0.4) is 0 Å². The second-order valence-electron chi connectivity index (χ2n) is 3.11. The molecule has 1 atom stereocenters. The zero-order chi connectivity index (χ0) is 12.1. The molecule has 1 aromatic carbocycles. The van der Waals surface area contributed by atoms with Gasteiger partial charge in [-0.05, 0) is 24.1 Å². The lowest BCUT2D eigenvalue weighted by Crippen LogP contribution is -2.34. The van der Waals surface area contributed by atoms with Crippen LogP contribution in [0.15, 0.2) is 24.3 Å². The maximum Gasteiger partial charge on any atom is 0.338 e. The van der Waals surface area contributed by atoms with Gasteiger partial charge in [0.15, 0.2) is 0 Å². The third kappa shape index (κ3) is 3.87. The second-order valence-corrected chi connectivity index (χ2v) is 3.74. The van der Waals surface area contributed by atoms with E-state index in [1.807, 2.05) is 0 Å². The molecular weight excluding hydrogens is 234 g/mol. The van der Waals surface area contributed by atoms with Gasteiger partial charge in [-0.15, -0.1) is 0 Å². The first kappa shape index (κ1) is 12.5. The summed E-state index contributed by atoms with van der Waals surface area (Å²) in [5, 5.41) is 9.02. The van der Waals surface area contributed by atoms with Crippen molar-refractivity contribution in [1.82, 2.24) is 0 Å². The molecule has 0 unspecified atom stereocenters. The summed E-state index contributed by atoms with van der Waals surface area (Å²) in [5.41, 5.74) is 6.13. The van der Waals surface area contributed by atoms with Crippen LogP contribution in [0.4, 0.5) is 0 Å². The monoisotopic (exact) mass is 245 g/mol. The number of hydrogen-bond acceptors (Lipinski definition) is 6. The van der Waals surface area contributed by atoms with Gasteiger partial charge in [-0.2, -0.15) is 8.42 Å². The van der Waals surface area contributed by atoms with Crippen molar-refractivity contribution < 1.29 is 22.5 Å². The molecule has 88 valence electrons. The van der Waals surface area contributed by atoms with Gasteiger partial charge in [-0.3, -0.25) is 0 Å². The van der Waals surface area contributed by atoms with E-state index in [1.165, 1.54) is 12.1 Å². The van der Waals surface area contributed by atoms with Crippen molar-refractivity contribution >= 4 is 17.0 Å². The van der Waals surface area contributed by atoms with Crippen molar-refractivity contribution in [2.75, 3.05) is 0 Å². The Hall–Kier alpha value is -1.60. The van der Waals surface area contributed by atoms with Gasteiger partial charge in [0.1, 0.15) is 11.8 Å². The van der Waals surface area contributed by atoms with Gasteiger partial charge in [0.2, 0.25) is 0 Å². The number of carbonyl (C=O) groups is 1. The normalized spacial score (nSPS) is 12.4. The Bertz CT molecular complexity index is 432. The average Bonchev–Trinajstić information content (AvgIpc) is 2.20. The van der Waals surface area contributed by atoms with Crippen LogP contribution in [0.5, 0.6) is 5.75 Å². The molecule has 0 radical (unpaired) electrons. The molecule has 6 nitrogen and oxygen atoms in total. The number of carbonyl (C=O) groups excluding carboxylic acids is 1. The van der Waals surface area contributed by atoms with Crippen LogP contribution in [0.2, 0.25) is 0 Å². The molecule has 0 saturated carbocycles. The Morgan fingerprint density at radius 3 is 2.44 bits per heavy atom. The molecule has 1 aromatic rings. The van der Waals surface area contributed by atoms with Crippen LogP contribution in [-0.4, -0.2) is 25.5 Å². The second kappa shape index (κ2) is 5.47. The minimum Gasteiger partial charge on any atom is -0.508 e. The molecule has 0 aliphatic heterocycles. The smallest absolute Gasteiger partial charge is 0.338 e. The van der Waals surface area contributed by atoms with Crippen molar-refractivity contribution in [3.05, 3.63) is 29.8 Å². The van der Waals surface area contributed by atoms with E-state index in [0.717, 1.165) is 0 Å². The van der Waals surface area contributed by atoms with Crippen LogP contribution < -0.4 is 5.73 Å². The molecule has 0 bridgehead atoms. The number of rotatable bonds is 4. The Balaban J connectivity index is 2.60. The van der Waals surface area contributed by atoms with Crippen LogP contribution in [0.25, 0.3) is 0 Å². The zero-order valence-corrected chi connectivity index (χ0v) is 9.09. The van der Waals surface area contributed by atoms with Gasteiger partial charge in [0, 0.05) is 0 Å². The van der Waals surface area contributed by atoms with Crippen molar-refractivity contribution in [3.63, 3.8) is 0 Å². The van der Waals surface area contributed by atoms with E-state index in [1.54, 1.807) is 12.1 Å². The van der Waals surface area contributed by atoms with Crippen molar-refractivity contribution in [1.29, 1.82) is 0 Å². The number of phenolic OH excluding ortho intramolecular Hbond substituents is 1. The first-order valence-corrected chi connectivity index (χ1v) is 5.48. The van der Waals surface area contributed by atoms with Crippen LogP contribution in [-0.2, 0) is 26.4 Å². The lowest BCUT2D eigenvalue weighted by molar-refractivity contribution is -0.134. The number of aromatic hydroxyl groups is 1. The van der Waals surface area contributed by atoms with E-state index in [9.17, 15) is 13.2 Å². The van der Waals surface area contributed by atoms with E-state index in [2.05, 4.69) is 4.18 Å². The number of nitrogens with two attached hydrogens (primary N) is 1. The largest absolute Gasteiger partial charge is 0.508 e.